The Kier molecular flexibility index (Phi) is 4.94. The molecule has 0 bridgehead atoms. The van der Waals surface area contributed by atoms with Crippen LogP contribution in [0.2, 0.25) is 5.15 Å². The number of hydrogen-bond acceptors (Lipinski definition) is 3. The van der Waals surface area contributed by atoms with Gasteiger partial charge in [-0.15, -0.1) is 0 Å². The van der Waals surface area contributed by atoms with Crippen LogP contribution in [0.25, 0.3) is 0 Å². The van der Waals surface area contributed by atoms with Gasteiger partial charge in [-0.1, -0.05) is 24.9 Å². The third-order valence-electron chi connectivity index (χ3n) is 2.42. The maximum absolute atomic E-state index is 6.10. The molecule has 0 saturated heterocycles. The Bertz CT molecular complexity index is 382. The summed E-state index contributed by atoms with van der Waals surface area (Å²) >= 11 is 8.29. The molecule has 0 amide bonds. The largest absolute Gasteiger partial charge is 0.371 e. The number of aryl methyl sites for hydroxylation is 1. The van der Waals surface area contributed by atoms with Crippen molar-refractivity contribution in [3.05, 3.63) is 20.2 Å². The number of methoxy groups -OCH3 is 1. The zero-order valence-electron chi connectivity index (χ0n) is 9.97. The van der Waals surface area contributed by atoms with Gasteiger partial charge in [-0.05, 0) is 42.9 Å². The fraction of sp³-hybridized carbons (Fsp3) is 0.636. The molecular formula is C11H16ClIN2O. The summed E-state index contributed by atoms with van der Waals surface area (Å²) in [5.41, 5.74) is 0.499. The molecule has 90 valence electrons. The third kappa shape index (κ3) is 3.05. The average Bonchev–Trinajstić information content (AvgIpc) is 2.24. The molecule has 0 fully saturated rings. The summed E-state index contributed by atoms with van der Waals surface area (Å²) in [6, 6.07) is 0. The minimum Gasteiger partial charge on any atom is -0.371 e. The average molecular weight is 355 g/mol. The van der Waals surface area contributed by atoms with Gasteiger partial charge in [0.15, 0.2) is 5.82 Å². The number of nitrogens with zero attached hydrogens (tertiary/aromatic N) is 2. The lowest BCUT2D eigenvalue weighted by molar-refractivity contribution is 0.0112. The topological polar surface area (TPSA) is 35.0 Å². The third-order valence-corrected chi connectivity index (χ3v) is 4.14. The van der Waals surface area contributed by atoms with Gasteiger partial charge in [0.25, 0.3) is 0 Å². The summed E-state index contributed by atoms with van der Waals surface area (Å²) in [6.07, 6.45) is 1.95. The molecule has 0 radical (unpaired) electrons. The molecule has 0 unspecified atom stereocenters. The van der Waals surface area contributed by atoms with E-state index >= 15 is 0 Å². The van der Waals surface area contributed by atoms with Crippen molar-refractivity contribution in [2.24, 2.45) is 0 Å². The molecule has 1 rings (SSSR count). The van der Waals surface area contributed by atoms with Crippen molar-refractivity contribution in [3.63, 3.8) is 0 Å². The quantitative estimate of drug-likeness (QED) is 0.612. The minimum absolute atomic E-state index is 0.504. The number of hydrogen-bond donors (Lipinski definition) is 0. The van der Waals surface area contributed by atoms with Gasteiger partial charge >= 0.3 is 0 Å². The van der Waals surface area contributed by atoms with Gasteiger partial charge in [-0.2, -0.15) is 0 Å². The second-order valence-corrected chi connectivity index (χ2v) is 5.50. The Morgan fingerprint density at radius 1 is 1.38 bits per heavy atom. The smallest absolute Gasteiger partial charge is 0.161 e. The van der Waals surface area contributed by atoms with E-state index in [0.717, 1.165) is 22.1 Å². The van der Waals surface area contributed by atoms with Crippen LogP contribution in [-0.2, 0) is 16.8 Å². The molecule has 16 heavy (non-hydrogen) atoms. The zero-order valence-corrected chi connectivity index (χ0v) is 12.9. The lowest BCUT2D eigenvalue weighted by atomic mass is 10.1. The molecule has 0 aliphatic carbocycles. The Labute approximate surface area is 115 Å². The second-order valence-electron chi connectivity index (χ2n) is 4.06. The van der Waals surface area contributed by atoms with E-state index < -0.39 is 5.60 Å². The van der Waals surface area contributed by atoms with Gasteiger partial charge < -0.3 is 4.74 Å². The van der Waals surface area contributed by atoms with Crippen LogP contribution >= 0.6 is 34.2 Å². The van der Waals surface area contributed by atoms with Gasteiger partial charge in [-0.3, -0.25) is 0 Å². The van der Waals surface area contributed by atoms with E-state index in [1.165, 1.54) is 0 Å². The molecule has 0 aliphatic rings. The minimum atomic E-state index is -0.504. The number of halogens is 2. The molecule has 1 aromatic rings. The highest BCUT2D eigenvalue weighted by atomic mass is 127. The van der Waals surface area contributed by atoms with Gasteiger partial charge in [-0.25, -0.2) is 9.97 Å². The van der Waals surface area contributed by atoms with Crippen LogP contribution in [0.5, 0.6) is 0 Å². The molecule has 5 heteroatoms. The van der Waals surface area contributed by atoms with E-state index in [9.17, 15) is 0 Å². The van der Waals surface area contributed by atoms with Gasteiger partial charge in [0.2, 0.25) is 0 Å². The normalized spacial score (nSPS) is 11.9. The highest BCUT2D eigenvalue weighted by molar-refractivity contribution is 14.1. The van der Waals surface area contributed by atoms with E-state index in [0.29, 0.717) is 11.0 Å². The summed E-state index contributed by atoms with van der Waals surface area (Å²) in [4.78, 5) is 8.82. The molecule has 0 N–H and O–H groups in total. The fourth-order valence-electron chi connectivity index (χ4n) is 1.23. The molecule has 0 atom stereocenters. The van der Waals surface area contributed by atoms with Crippen LogP contribution in [0, 0.1) is 3.57 Å². The summed E-state index contributed by atoms with van der Waals surface area (Å²) < 4.78 is 6.31. The molecular weight excluding hydrogens is 338 g/mol. The SMILES string of the molecule is CCCc1nc(C(C)(C)OC)nc(Cl)c1I. The summed E-state index contributed by atoms with van der Waals surface area (Å²) in [7, 11) is 1.65. The zero-order chi connectivity index (χ0) is 12.3. The second kappa shape index (κ2) is 5.60. The van der Waals surface area contributed by atoms with Crippen LogP contribution in [0.3, 0.4) is 0 Å². The van der Waals surface area contributed by atoms with Gasteiger partial charge in [0.1, 0.15) is 10.8 Å². The lowest BCUT2D eigenvalue weighted by Crippen LogP contribution is -2.24. The van der Waals surface area contributed by atoms with E-state index in [2.05, 4.69) is 39.5 Å². The molecule has 1 aromatic heterocycles. The number of rotatable bonds is 4. The lowest BCUT2D eigenvalue weighted by Gasteiger charge is -2.22. The summed E-state index contributed by atoms with van der Waals surface area (Å²) in [5.74, 6) is 0.642. The van der Waals surface area contributed by atoms with E-state index in [-0.39, 0.29) is 0 Å². The van der Waals surface area contributed by atoms with Crippen molar-refractivity contribution in [2.45, 2.75) is 39.2 Å². The molecule has 3 nitrogen and oxygen atoms in total. The maximum Gasteiger partial charge on any atom is 0.161 e. The Hall–Kier alpha value is 0.0600. The Morgan fingerprint density at radius 2 is 2.00 bits per heavy atom. The van der Waals surface area contributed by atoms with Crippen molar-refractivity contribution >= 4 is 34.2 Å². The number of aromatic nitrogens is 2. The van der Waals surface area contributed by atoms with Crippen LogP contribution in [-0.4, -0.2) is 17.1 Å². The molecule has 0 saturated carbocycles. The predicted octanol–water partition coefficient (Wildman–Crippen LogP) is 3.57. The van der Waals surface area contributed by atoms with E-state index in [1.807, 2.05) is 13.8 Å². The van der Waals surface area contributed by atoms with Crippen LogP contribution in [0.15, 0.2) is 0 Å². The molecule has 1 heterocycles. The monoisotopic (exact) mass is 354 g/mol. The van der Waals surface area contributed by atoms with E-state index in [1.54, 1.807) is 7.11 Å². The molecule has 0 spiro atoms. The van der Waals surface area contributed by atoms with Crippen LogP contribution in [0.1, 0.15) is 38.7 Å². The fourth-order valence-corrected chi connectivity index (χ4v) is 1.93. The first kappa shape index (κ1) is 14.1. The first-order chi connectivity index (χ1) is 7.42. The first-order valence-corrected chi connectivity index (χ1v) is 6.65. The highest BCUT2D eigenvalue weighted by Gasteiger charge is 2.25. The van der Waals surface area contributed by atoms with Crippen molar-refractivity contribution < 1.29 is 4.74 Å². The van der Waals surface area contributed by atoms with Crippen molar-refractivity contribution in [1.82, 2.24) is 9.97 Å². The predicted molar refractivity (Wildman–Crippen MR) is 73.8 cm³/mol. The Morgan fingerprint density at radius 3 is 2.50 bits per heavy atom. The standard InChI is InChI=1S/C11H16ClIN2O/c1-5-6-7-8(13)9(12)15-10(14-7)11(2,3)16-4/h5-6H2,1-4H3. The molecule has 0 aliphatic heterocycles. The maximum atomic E-state index is 6.10. The summed E-state index contributed by atoms with van der Waals surface area (Å²) in [6.45, 7) is 5.98. The van der Waals surface area contributed by atoms with Gasteiger partial charge in [0.05, 0.1) is 9.26 Å². The highest BCUT2D eigenvalue weighted by Crippen LogP contribution is 2.26. The Balaban J connectivity index is 3.23. The summed E-state index contributed by atoms with van der Waals surface area (Å²) in [5, 5.41) is 0.513. The van der Waals surface area contributed by atoms with Crippen LogP contribution in [0.4, 0.5) is 0 Å². The number of ether oxygens (including phenoxy) is 1. The first-order valence-electron chi connectivity index (χ1n) is 5.20. The van der Waals surface area contributed by atoms with Crippen molar-refractivity contribution in [1.29, 1.82) is 0 Å². The van der Waals surface area contributed by atoms with Gasteiger partial charge in [0, 0.05) is 7.11 Å². The van der Waals surface area contributed by atoms with Crippen LogP contribution < -0.4 is 0 Å². The van der Waals surface area contributed by atoms with Crippen molar-refractivity contribution in [2.75, 3.05) is 7.11 Å². The van der Waals surface area contributed by atoms with Crippen molar-refractivity contribution in [3.8, 4) is 0 Å². The van der Waals surface area contributed by atoms with E-state index in [4.69, 9.17) is 16.3 Å². The molecule has 0 aromatic carbocycles.